The highest BCUT2D eigenvalue weighted by molar-refractivity contribution is 6.01. The van der Waals surface area contributed by atoms with Crippen molar-refractivity contribution >= 4 is 17.6 Å². The minimum absolute atomic E-state index is 0.221. The first-order valence-electron chi connectivity index (χ1n) is 5.71. The molecule has 18 heavy (non-hydrogen) atoms. The van der Waals surface area contributed by atoms with Crippen LogP contribution in [0.3, 0.4) is 0 Å². The molecule has 0 spiro atoms. The monoisotopic (exact) mass is 250 g/mol. The number of carbonyl (C=O) groups excluding carboxylic acids is 2. The topological polar surface area (TPSA) is 81.4 Å². The molecule has 0 saturated heterocycles. The molecule has 5 heteroatoms. The van der Waals surface area contributed by atoms with E-state index in [2.05, 4.69) is 10.1 Å². The zero-order valence-corrected chi connectivity index (χ0v) is 10.8. The first-order valence-corrected chi connectivity index (χ1v) is 5.71. The Morgan fingerprint density at radius 3 is 2.44 bits per heavy atom. The summed E-state index contributed by atoms with van der Waals surface area (Å²) in [7, 11) is 1.30. The van der Waals surface area contributed by atoms with Gasteiger partial charge >= 0.3 is 5.97 Å². The van der Waals surface area contributed by atoms with E-state index in [4.69, 9.17) is 5.73 Å². The molecule has 1 aromatic carbocycles. The third kappa shape index (κ3) is 3.30. The lowest BCUT2D eigenvalue weighted by atomic mass is 10.0. The van der Waals surface area contributed by atoms with Gasteiger partial charge in [0.2, 0.25) is 5.91 Å². The Bertz CT molecular complexity index is 444. The van der Waals surface area contributed by atoms with Gasteiger partial charge in [-0.3, -0.25) is 4.79 Å². The van der Waals surface area contributed by atoms with E-state index in [-0.39, 0.29) is 17.9 Å². The summed E-state index contributed by atoms with van der Waals surface area (Å²) in [5, 5.41) is 2.69. The van der Waals surface area contributed by atoms with Gasteiger partial charge in [-0.05, 0) is 19.1 Å². The van der Waals surface area contributed by atoms with Crippen LogP contribution in [-0.4, -0.2) is 25.0 Å². The zero-order valence-electron chi connectivity index (χ0n) is 10.8. The highest BCUT2D eigenvalue weighted by atomic mass is 16.5. The molecule has 2 unspecified atom stereocenters. The molecule has 0 fully saturated rings. The van der Waals surface area contributed by atoms with Gasteiger partial charge in [-0.2, -0.15) is 0 Å². The Kier molecular flexibility index (Phi) is 4.85. The maximum absolute atomic E-state index is 11.9. The van der Waals surface area contributed by atoms with Crippen LogP contribution < -0.4 is 11.1 Å². The summed E-state index contributed by atoms with van der Waals surface area (Å²) < 4.78 is 4.65. The Morgan fingerprint density at radius 2 is 1.89 bits per heavy atom. The SMILES string of the molecule is COC(=O)c1ccccc1NC(=O)C(C)C(C)N. The van der Waals surface area contributed by atoms with Crippen LogP contribution in [0.5, 0.6) is 0 Å². The number of hydrogen-bond donors (Lipinski definition) is 2. The lowest BCUT2D eigenvalue weighted by Gasteiger charge is -2.16. The molecule has 1 amide bonds. The Hall–Kier alpha value is -1.88. The third-order valence-electron chi connectivity index (χ3n) is 2.79. The number of nitrogens with two attached hydrogens (primary N) is 1. The summed E-state index contributed by atoms with van der Waals surface area (Å²) in [6.07, 6.45) is 0. The fraction of sp³-hybridized carbons (Fsp3) is 0.385. The van der Waals surface area contributed by atoms with Crippen LogP contribution in [0.4, 0.5) is 5.69 Å². The van der Waals surface area contributed by atoms with E-state index in [0.717, 1.165) is 0 Å². The first kappa shape index (κ1) is 14.2. The van der Waals surface area contributed by atoms with Crippen molar-refractivity contribution in [2.24, 2.45) is 11.7 Å². The number of methoxy groups -OCH3 is 1. The lowest BCUT2D eigenvalue weighted by Crippen LogP contribution is -2.34. The maximum atomic E-state index is 11.9. The highest BCUT2D eigenvalue weighted by Crippen LogP contribution is 2.17. The Morgan fingerprint density at radius 1 is 1.28 bits per heavy atom. The van der Waals surface area contributed by atoms with Crippen LogP contribution in [0, 0.1) is 5.92 Å². The second-order valence-corrected chi connectivity index (χ2v) is 4.17. The van der Waals surface area contributed by atoms with Gasteiger partial charge in [0.25, 0.3) is 0 Å². The van der Waals surface area contributed by atoms with Crippen LogP contribution in [0.25, 0.3) is 0 Å². The number of amides is 1. The zero-order chi connectivity index (χ0) is 13.7. The van der Waals surface area contributed by atoms with E-state index >= 15 is 0 Å². The molecule has 1 aromatic rings. The summed E-state index contributed by atoms with van der Waals surface area (Å²) in [5.74, 6) is -1.04. The van der Waals surface area contributed by atoms with Crippen LogP contribution in [0.15, 0.2) is 24.3 Å². The average molecular weight is 250 g/mol. The van der Waals surface area contributed by atoms with Crippen molar-refractivity contribution < 1.29 is 14.3 Å². The van der Waals surface area contributed by atoms with Gasteiger partial charge < -0.3 is 15.8 Å². The fourth-order valence-electron chi connectivity index (χ4n) is 1.37. The fourth-order valence-corrected chi connectivity index (χ4v) is 1.37. The molecule has 5 nitrogen and oxygen atoms in total. The van der Waals surface area contributed by atoms with E-state index in [1.165, 1.54) is 7.11 Å². The van der Waals surface area contributed by atoms with Crippen molar-refractivity contribution in [1.82, 2.24) is 0 Å². The van der Waals surface area contributed by atoms with Crippen molar-refractivity contribution in [2.45, 2.75) is 19.9 Å². The molecule has 0 aromatic heterocycles. The number of esters is 1. The van der Waals surface area contributed by atoms with Crippen LogP contribution in [0.1, 0.15) is 24.2 Å². The van der Waals surface area contributed by atoms with Crippen molar-refractivity contribution in [3.05, 3.63) is 29.8 Å². The molecule has 0 aliphatic carbocycles. The number of ether oxygens (including phenoxy) is 1. The number of hydrogen-bond acceptors (Lipinski definition) is 4. The van der Waals surface area contributed by atoms with Crippen molar-refractivity contribution in [3.63, 3.8) is 0 Å². The number of rotatable bonds is 4. The minimum atomic E-state index is -0.487. The van der Waals surface area contributed by atoms with Crippen molar-refractivity contribution in [1.29, 1.82) is 0 Å². The van der Waals surface area contributed by atoms with Crippen LogP contribution >= 0.6 is 0 Å². The van der Waals surface area contributed by atoms with Gasteiger partial charge in [-0.15, -0.1) is 0 Å². The molecule has 1 rings (SSSR count). The molecule has 0 radical (unpaired) electrons. The summed E-state index contributed by atoms with van der Waals surface area (Å²) >= 11 is 0. The Labute approximate surface area is 106 Å². The van der Waals surface area contributed by atoms with E-state index in [1.807, 2.05) is 0 Å². The molecule has 0 aliphatic rings. The molecule has 0 bridgehead atoms. The van der Waals surface area contributed by atoms with Gasteiger partial charge in [-0.25, -0.2) is 4.79 Å². The van der Waals surface area contributed by atoms with Crippen molar-refractivity contribution in [3.8, 4) is 0 Å². The molecule has 0 saturated carbocycles. The van der Waals surface area contributed by atoms with E-state index in [0.29, 0.717) is 11.3 Å². The summed E-state index contributed by atoms with van der Waals surface area (Å²) in [5.41, 5.74) is 6.42. The third-order valence-corrected chi connectivity index (χ3v) is 2.79. The highest BCUT2D eigenvalue weighted by Gasteiger charge is 2.19. The van der Waals surface area contributed by atoms with E-state index in [1.54, 1.807) is 38.1 Å². The number of para-hydroxylation sites is 1. The predicted molar refractivity (Wildman–Crippen MR) is 69.2 cm³/mol. The molecule has 0 aliphatic heterocycles. The molecule has 0 heterocycles. The largest absolute Gasteiger partial charge is 0.465 e. The van der Waals surface area contributed by atoms with E-state index in [9.17, 15) is 9.59 Å². The molecular weight excluding hydrogens is 232 g/mol. The number of anilines is 1. The number of benzene rings is 1. The number of nitrogens with one attached hydrogen (secondary N) is 1. The van der Waals surface area contributed by atoms with Gasteiger partial charge in [-0.1, -0.05) is 19.1 Å². The van der Waals surface area contributed by atoms with Gasteiger partial charge in [0, 0.05) is 6.04 Å². The molecule has 2 atom stereocenters. The van der Waals surface area contributed by atoms with Gasteiger partial charge in [0.1, 0.15) is 0 Å². The van der Waals surface area contributed by atoms with Gasteiger partial charge in [0.05, 0.1) is 24.3 Å². The molecular formula is C13H18N2O3. The lowest BCUT2D eigenvalue weighted by molar-refractivity contribution is -0.119. The second kappa shape index (κ2) is 6.16. The summed E-state index contributed by atoms with van der Waals surface area (Å²) in [6.45, 7) is 3.50. The first-order chi connectivity index (χ1) is 8.47. The molecule has 3 N–H and O–H groups in total. The Balaban J connectivity index is 2.91. The van der Waals surface area contributed by atoms with Crippen LogP contribution in [0.2, 0.25) is 0 Å². The quantitative estimate of drug-likeness (QED) is 0.791. The predicted octanol–water partition coefficient (Wildman–Crippen LogP) is 1.39. The number of carbonyl (C=O) groups is 2. The van der Waals surface area contributed by atoms with E-state index < -0.39 is 5.97 Å². The minimum Gasteiger partial charge on any atom is -0.465 e. The summed E-state index contributed by atoms with van der Waals surface area (Å²) in [6, 6.07) is 6.43. The normalized spacial score (nSPS) is 13.6. The van der Waals surface area contributed by atoms with Crippen molar-refractivity contribution in [2.75, 3.05) is 12.4 Å². The smallest absolute Gasteiger partial charge is 0.339 e. The standard InChI is InChI=1S/C13H18N2O3/c1-8(9(2)14)12(16)15-11-7-5-4-6-10(11)13(17)18-3/h4-9H,14H2,1-3H3,(H,15,16). The van der Waals surface area contributed by atoms with Gasteiger partial charge in [0.15, 0.2) is 0 Å². The maximum Gasteiger partial charge on any atom is 0.339 e. The average Bonchev–Trinajstić information content (AvgIpc) is 2.37. The second-order valence-electron chi connectivity index (χ2n) is 4.17. The van der Waals surface area contributed by atoms with Crippen LogP contribution in [-0.2, 0) is 9.53 Å². The summed E-state index contributed by atoms with van der Waals surface area (Å²) in [4.78, 5) is 23.4. The molecule has 98 valence electrons.